The molecule has 0 spiro atoms. The number of azide groups is 1. The van der Waals surface area contributed by atoms with Gasteiger partial charge in [-0.15, -0.1) is 0 Å². The molecule has 0 bridgehead atoms. The van der Waals surface area contributed by atoms with Crippen molar-refractivity contribution in [2.75, 3.05) is 6.16 Å². The van der Waals surface area contributed by atoms with Gasteiger partial charge in [-0.25, -0.2) is 4.79 Å². The minimum atomic E-state index is -2.31. The van der Waals surface area contributed by atoms with E-state index in [-0.39, 0.29) is 19.0 Å². The first kappa shape index (κ1) is 16.4. The Hall–Kier alpha value is -1.99. The van der Waals surface area contributed by atoms with E-state index in [1.165, 1.54) is 10.8 Å². The van der Waals surface area contributed by atoms with Gasteiger partial charge in [-0.1, -0.05) is 5.11 Å². The van der Waals surface area contributed by atoms with Crippen LogP contribution in [0.1, 0.15) is 24.6 Å². The van der Waals surface area contributed by atoms with Crippen LogP contribution in [0.4, 0.5) is 0 Å². The Balaban J connectivity index is 2.25. The lowest BCUT2D eigenvalue weighted by Crippen LogP contribution is -2.33. The predicted molar refractivity (Wildman–Crippen MR) is 76.8 cm³/mol. The average molecular weight is 328 g/mol. The molecule has 4 atom stereocenters. The minimum absolute atomic E-state index is 0.0176. The number of aromatic nitrogens is 2. The quantitative estimate of drug-likeness (QED) is 0.357. The minimum Gasteiger partial charge on any atom is -0.354 e. The van der Waals surface area contributed by atoms with Gasteiger partial charge in [0.1, 0.15) is 6.23 Å². The summed E-state index contributed by atoms with van der Waals surface area (Å²) in [5.74, 6) is 0. The number of rotatable bonds is 5. The molecule has 118 valence electrons. The van der Waals surface area contributed by atoms with Gasteiger partial charge in [0.25, 0.3) is 5.56 Å². The Labute approximate surface area is 125 Å². The van der Waals surface area contributed by atoms with Gasteiger partial charge >= 0.3 is 13.7 Å². The fourth-order valence-corrected chi connectivity index (χ4v) is 2.85. The summed E-state index contributed by atoms with van der Waals surface area (Å²) in [6, 6.07) is -0.538. The molecule has 1 aliphatic heterocycles. The molecule has 1 aliphatic rings. The molecule has 0 radical (unpaired) electrons. The number of H-pyrrole nitrogens is 1. The van der Waals surface area contributed by atoms with Gasteiger partial charge in [0, 0.05) is 29.5 Å². The first-order chi connectivity index (χ1) is 10.4. The highest BCUT2D eigenvalue weighted by atomic mass is 31.1. The van der Waals surface area contributed by atoms with Gasteiger partial charge in [0.05, 0.1) is 12.1 Å². The molecule has 0 aliphatic carbocycles. The molecule has 2 heterocycles. The Kier molecular flexibility index (Phi) is 5.10. The Morgan fingerprint density at radius 1 is 1.64 bits per heavy atom. The maximum absolute atomic E-state index is 11.9. The number of aromatic amines is 1. The number of nitrogens with zero attached hydrogens (tertiary/aromatic N) is 4. The van der Waals surface area contributed by atoms with Crippen molar-refractivity contribution in [2.24, 2.45) is 5.11 Å². The van der Waals surface area contributed by atoms with E-state index in [9.17, 15) is 14.2 Å². The van der Waals surface area contributed by atoms with Gasteiger partial charge in [-0.05, 0) is 17.0 Å². The van der Waals surface area contributed by atoms with Crippen molar-refractivity contribution in [3.05, 3.63) is 43.0 Å². The number of nitrogens with one attached hydrogen (secondary N) is 1. The van der Waals surface area contributed by atoms with Crippen molar-refractivity contribution in [1.82, 2.24) is 9.55 Å². The van der Waals surface area contributed by atoms with Crippen LogP contribution in [-0.2, 0) is 9.30 Å². The summed E-state index contributed by atoms with van der Waals surface area (Å²) in [5.41, 5.74) is 7.86. The largest absolute Gasteiger partial charge is 0.505 e. The maximum Gasteiger partial charge on any atom is 0.505 e. The van der Waals surface area contributed by atoms with Crippen LogP contribution in [0.5, 0.6) is 0 Å². The van der Waals surface area contributed by atoms with Gasteiger partial charge in [-0.2, -0.15) is 4.89 Å². The smallest absolute Gasteiger partial charge is 0.354 e. The lowest BCUT2D eigenvalue weighted by Gasteiger charge is -2.15. The third-order valence-corrected chi connectivity index (χ3v) is 4.11. The maximum atomic E-state index is 11.9. The summed E-state index contributed by atoms with van der Waals surface area (Å²) in [4.78, 5) is 37.0. The molecule has 2 unspecified atom stereocenters. The molecule has 1 aromatic heterocycles. The third-order valence-electron chi connectivity index (χ3n) is 3.47. The first-order valence-corrected chi connectivity index (χ1v) is 7.97. The van der Waals surface area contributed by atoms with Crippen molar-refractivity contribution in [2.45, 2.75) is 38.1 Å². The highest BCUT2D eigenvalue weighted by Gasteiger charge is 2.37. The lowest BCUT2D eigenvalue weighted by molar-refractivity contribution is -0.00394. The molecule has 1 fully saturated rings. The summed E-state index contributed by atoms with van der Waals surface area (Å²) >= 11 is 0. The Morgan fingerprint density at radius 3 is 3.00 bits per heavy atom. The van der Waals surface area contributed by atoms with Crippen LogP contribution < -0.4 is 11.2 Å². The molecule has 11 heteroatoms. The number of hydrogen-bond acceptors (Lipinski definition) is 5. The van der Waals surface area contributed by atoms with Crippen LogP contribution in [0.3, 0.4) is 0 Å². The fourth-order valence-electron chi connectivity index (χ4n) is 2.37. The van der Waals surface area contributed by atoms with Gasteiger partial charge in [0.15, 0.2) is 6.16 Å². The van der Waals surface area contributed by atoms with Crippen molar-refractivity contribution in [3.63, 3.8) is 0 Å². The molecule has 0 amide bonds. The molecule has 1 aromatic rings. The summed E-state index contributed by atoms with van der Waals surface area (Å²) < 4.78 is 17.7. The second-order valence-electron chi connectivity index (χ2n) is 4.98. The van der Waals surface area contributed by atoms with Crippen molar-refractivity contribution >= 4 is 8.03 Å². The van der Waals surface area contributed by atoms with Crippen LogP contribution in [-0.4, -0.2) is 32.8 Å². The van der Waals surface area contributed by atoms with Crippen molar-refractivity contribution in [3.8, 4) is 0 Å². The van der Waals surface area contributed by atoms with E-state index in [2.05, 4.69) is 15.0 Å². The van der Waals surface area contributed by atoms with E-state index >= 15 is 0 Å². The van der Waals surface area contributed by atoms with Gasteiger partial charge in [-0.3, -0.25) is 14.3 Å². The second kappa shape index (κ2) is 6.85. The zero-order valence-corrected chi connectivity index (χ0v) is 12.6. The molecule has 10 nitrogen and oxygen atoms in total. The average Bonchev–Trinajstić information content (AvgIpc) is 2.84. The van der Waals surface area contributed by atoms with E-state index in [1.54, 1.807) is 6.92 Å². The molecule has 2 rings (SSSR count). The zero-order valence-electron chi connectivity index (χ0n) is 11.7. The van der Waals surface area contributed by atoms with Crippen molar-refractivity contribution < 1.29 is 14.2 Å². The van der Waals surface area contributed by atoms with E-state index in [4.69, 9.17) is 15.2 Å². The monoisotopic (exact) mass is 328 g/mol. The van der Waals surface area contributed by atoms with Crippen LogP contribution in [0.15, 0.2) is 20.9 Å². The number of hydrogen-bond donors (Lipinski definition) is 2. The van der Waals surface area contributed by atoms with Crippen LogP contribution in [0, 0.1) is 6.92 Å². The Morgan fingerprint density at radius 2 is 2.36 bits per heavy atom. The lowest BCUT2D eigenvalue weighted by atomic mass is 10.1. The van der Waals surface area contributed by atoms with E-state index in [0.29, 0.717) is 5.56 Å². The molecular weight excluding hydrogens is 313 g/mol. The van der Waals surface area contributed by atoms with Crippen LogP contribution >= 0.6 is 8.03 Å². The first-order valence-electron chi connectivity index (χ1n) is 6.57. The highest BCUT2D eigenvalue weighted by Crippen LogP contribution is 2.33. The summed E-state index contributed by atoms with van der Waals surface area (Å²) in [5, 5.41) is 3.62. The SMILES string of the molecule is Cc1cn([C@H]2CC(N=[N+]=[N-])[C@@H](CC[P+](=O)O)O2)c(=O)[nH]c1=O. The summed E-state index contributed by atoms with van der Waals surface area (Å²) in [7, 11) is -2.31. The van der Waals surface area contributed by atoms with E-state index < -0.39 is 37.7 Å². The third kappa shape index (κ3) is 3.61. The molecule has 0 saturated carbocycles. The summed E-state index contributed by atoms with van der Waals surface area (Å²) in [6.45, 7) is 1.56. The van der Waals surface area contributed by atoms with Gasteiger partial charge in [0.2, 0.25) is 0 Å². The number of aryl methyl sites for hydroxylation is 1. The zero-order chi connectivity index (χ0) is 16.3. The molecule has 0 aromatic carbocycles. The van der Waals surface area contributed by atoms with Crippen molar-refractivity contribution in [1.29, 1.82) is 0 Å². The summed E-state index contributed by atoms with van der Waals surface area (Å²) in [6.07, 6.45) is 0.648. The Bertz CT molecular complexity index is 737. The predicted octanol–water partition coefficient (Wildman–Crippen LogP) is 0.936. The molecule has 22 heavy (non-hydrogen) atoms. The fraction of sp³-hybridized carbons (Fsp3) is 0.636. The van der Waals surface area contributed by atoms with E-state index in [1.807, 2.05) is 0 Å². The van der Waals surface area contributed by atoms with E-state index in [0.717, 1.165) is 0 Å². The topological polar surface area (TPSA) is 150 Å². The second-order valence-corrected chi connectivity index (χ2v) is 6.13. The van der Waals surface area contributed by atoms with Crippen LogP contribution in [0.25, 0.3) is 10.4 Å². The number of ether oxygens (including phenoxy) is 1. The van der Waals surface area contributed by atoms with Gasteiger partial charge < -0.3 is 4.74 Å². The molecular formula is C11H15N5O5P+. The van der Waals surface area contributed by atoms with Crippen LogP contribution in [0.2, 0.25) is 0 Å². The molecule has 1 saturated heterocycles. The molecule has 2 N–H and O–H groups in total. The standard InChI is InChI=1S/C11H14N5O5P/c1-6-5-16(11(18)13-10(6)17)9-4-7(14-15-12)8(21-9)2-3-22(19)20/h5,7-9H,2-4H2,1H3,(H-,13,17,18,19,20)/p+1/t7?,8-,9-/m1/s1. The normalized spacial score (nSPS) is 24.8. The highest BCUT2D eigenvalue weighted by molar-refractivity contribution is 7.37.